The number of nitrogens with zero attached hydrogens (tertiary/aromatic N) is 3. The second-order valence-corrected chi connectivity index (χ2v) is 10.4. The van der Waals surface area contributed by atoms with Crippen molar-refractivity contribution in [2.45, 2.75) is 44.8 Å². The van der Waals surface area contributed by atoms with Crippen molar-refractivity contribution in [3.8, 4) is 22.1 Å². The van der Waals surface area contributed by atoms with Gasteiger partial charge in [-0.25, -0.2) is 4.98 Å². The first-order valence-corrected chi connectivity index (χ1v) is 13.5. The Hall–Kier alpha value is -3.17. The number of fused-ring (bicyclic) bond motifs is 2. The lowest BCUT2D eigenvalue weighted by Crippen LogP contribution is -2.40. The van der Waals surface area contributed by atoms with E-state index in [2.05, 4.69) is 12.1 Å². The summed E-state index contributed by atoms with van der Waals surface area (Å²) in [5.41, 5.74) is 2.68. The Morgan fingerprint density at radius 2 is 2.08 bits per heavy atom. The number of likely N-dealkylation sites (tertiary alicyclic amines) is 1. The molecule has 0 aliphatic carbocycles. The van der Waals surface area contributed by atoms with Crippen molar-refractivity contribution in [2.24, 2.45) is 0 Å². The minimum Gasteiger partial charge on any atom is -0.454 e. The van der Waals surface area contributed by atoms with E-state index in [1.165, 1.54) is 0 Å². The average Bonchev–Trinajstić information content (AvgIpc) is 3.70. The second kappa shape index (κ2) is 10.1. The number of hydrogen-bond donors (Lipinski definition) is 0. The SMILES string of the molecule is O=C1CCCN1CCCN(Cc1cc2cc3c(cc2nc1-c1cccs1)OCO3)C(=O)[C@H]1CCCO1. The first kappa shape index (κ1) is 23.2. The van der Waals surface area contributed by atoms with E-state index in [0.717, 1.165) is 59.3 Å². The molecule has 6 rings (SSSR count). The lowest BCUT2D eigenvalue weighted by molar-refractivity contribution is -0.141. The molecule has 1 atom stereocenters. The largest absolute Gasteiger partial charge is 0.454 e. The molecule has 2 amide bonds. The molecule has 188 valence electrons. The number of ether oxygens (including phenoxy) is 3. The van der Waals surface area contributed by atoms with Gasteiger partial charge in [-0.15, -0.1) is 11.3 Å². The Morgan fingerprint density at radius 3 is 2.83 bits per heavy atom. The van der Waals surface area contributed by atoms with Gasteiger partial charge in [0, 0.05) is 50.7 Å². The zero-order chi connectivity index (χ0) is 24.5. The molecule has 3 aliphatic heterocycles. The summed E-state index contributed by atoms with van der Waals surface area (Å²) in [6.45, 7) is 3.30. The Balaban J connectivity index is 1.31. The Labute approximate surface area is 213 Å². The first-order chi connectivity index (χ1) is 17.7. The molecule has 2 fully saturated rings. The lowest BCUT2D eigenvalue weighted by Gasteiger charge is -2.27. The number of pyridine rings is 1. The highest BCUT2D eigenvalue weighted by Crippen LogP contribution is 2.38. The minimum atomic E-state index is -0.397. The van der Waals surface area contributed by atoms with Gasteiger partial charge in [0.25, 0.3) is 5.91 Å². The third-order valence-electron chi connectivity index (χ3n) is 7.05. The van der Waals surface area contributed by atoms with Gasteiger partial charge in [-0.05, 0) is 54.8 Å². The van der Waals surface area contributed by atoms with E-state index in [0.29, 0.717) is 44.2 Å². The molecule has 2 aromatic heterocycles. The maximum atomic E-state index is 13.5. The summed E-state index contributed by atoms with van der Waals surface area (Å²) in [6.07, 6.45) is 3.53. The predicted molar refractivity (Wildman–Crippen MR) is 136 cm³/mol. The van der Waals surface area contributed by atoms with Crippen molar-refractivity contribution in [2.75, 3.05) is 33.0 Å². The van der Waals surface area contributed by atoms with Crippen molar-refractivity contribution in [1.29, 1.82) is 0 Å². The monoisotopic (exact) mass is 507 g/mol. The molecule has 0 bridgehead atoms. The summed E-state index contributed by atoms with van der Waals surface area (Å²) in [4.78, 5) is 35.5. The Kier molecular flexibility index (Phi) is 6.50. The van der Waals surface area contributed by atoms with E-state index in [4.69, 9.17) is 19.2 Å². The van der Waals surface area contributed by atoms with E-state index in [1.807, 2.05) is 33.4 Å². The summed E-state index contributed by atoms with van der Waals surface area (Å²) in [6, 6.07) is 10.1. The molecule has 3 aromatic rings. The van der Waals surface area contributed by atoms with Crippen LogP contribution in [0.15, 0.2) is 35.7 Å². The van der Waals surface area contributed by atoms with E-state index >= 15 is 0 Å². The molecular weight excluding hydrogens is 478 g/mol. The number of amides is 2. The number of thiophene rings is 1. The van der Waals surface area contributed by atoms with Gasteiger partial charge in [0.15, 0.2) is 11.5 Å². The maximum Gasteiger partial charge on any atom is 0.252 e. The highest BCUT2D eigenvalue weighted by Gasteiger charge is 2.30. The molecule has 0 radical (unpaired) electrons. The number of carbonyl (C=O) groups is 2. The van der Waals surface area contributed by atoms with Gasteiger partial charge in [0.1, 0.15) is 6.10 Å². The molecule has 9 heteroatoms. The lowest BCUT2D eigenvalue weighted by atomic mass is 10.1. The molecule has 0 spiro atoms. The van der Waals surface area contributed by atoms with Crippen molar-refractivity contribution < 1.29 is 23.8 Å². The van der Waals surface area contributed by atoms with Gasteiger partial charge >= 0.3 is 0 Å². The Bertz CT molecular complexity index is 1270. The molecule has 8 nitrogen and oxygen atoms in total. The van der Waals surface area contributed by atoms with Crippen molar-refractivity contribution in [1.82, 2.24) is 14.8 Å². The van der Waals surface area contributed by atoms with E-state index in [9.17, 15) is 9.59 Å². The van der Waals surface area contributed by atoms with Gasteiger partial charge in [0.05, 0.1) is 16.1 Å². The first-order valence-electron chi connectivity index (χ1n) is 12.6. The average molecular weight is 508 g/mol. The minimum absolute atomic E-state index is 0.0168. The van der Waals surface area contributed by atoms with E-state index in [-0.39, 0.29) is 18.6 Å². The van der Waals surface area contributed by atoms with Crippen molar-refractivity contribution >= 4 is 34.1 Å². The van der Waals surface area contributed by atoms with Gasteiger partial charge in [-0.1, -0.05) is 6.07 Å². The number of rotatable bonds is 8. The van der Waals surface area contributed by atoms with Gasteiger partial charge in [0.2, 0.25) is 12.7 Å². The zero-order valence-corrected chi connectivity index (χ0v) is 20.9. The quantitative estimate of drug-likeness (QED) is 0.454. The number of hydrogen-bond acceptors (Lipinski definition) is 7. The molecular formula is C27H29N3O5S. The summed E-state index contributed by atoms with van der Waals surface area (Å²) >= 11 is 1.63. The van der Waals surface area contributed by atoms with Crippen LogP contribution in [0.1, 0.15) is 37.7 Å². The Morgan fingerprint density at radius 1 is 1.19 bits per heavy atom. The second-order valence-electron chi connectivity index (χ2n) is 9.47. The topological polar surface area (TPSA) is 81.2 Å². The summed E-state index contributed by atoms with van der Waals surface area (Å²) in [5.74, 6) is 1.64. The van der Waals surface area contributed by atoms with E-state index in [1.54, 1.807) is 11.3 Å². The van der Waals surface area contributed by atoms with Gasteiger partial charge in [-0.3, -0.25) is 9.59 Å². The maximum absolute atomic E-state index is 13.5. The van der Waals surface area contributed by atoms with Crippen LogP contribution in [0.5, 0.6) is 11.5 Å². The molecule has 2 saturated heterocycles. The van der Waals surface area contributed by atoms with Crippen LogP contribution in [0.4, 0.5) is 0 Å². The van der Waals surface area contributed by atoms with Crippen molar-refractivity contribution in [3.05, 3.63) is 41.3 Å². The smallest absolute Gasteiger partial charge is 0.252 e. The van der Waals surface area contributed by atoms with Crippen LogP contribution in [-0.2, 0) is 20.9 Å². The predicted octanol–water partition coefficient (Wildman–Crippen LogP) is 4.21. The normalized spacial score (nSPS) is 18.9. The molecule has 36 heavy (non-hydrogen) atoms. The third kappa shape index (κ3) is 4.65. The highest BCUT2D eigenvalue weighted by atomic mass is 32.1. The number of aromatic nitrogens is 1. The fraction of sp³-hybridized carbons (Fsp3) is 0.444. The molecule has 0 N–H and O–H groups in total. The van der Waals surface area contributed by atoms with Crippen LogP contribution < -0.4 is 9.47 Å². The fourth-order valence-electron chi connectivity index (χ4n) is 5.20. The van der Waals surface area contributed by atoms with E-state index < -0.39 is 6.10 Å². The third-order valence-corrected chi connectivity index (χ3v) is 7.92. The van der Waals surface area contributed by atoms with Gasteiger partial charge in [-0.2, -0.15) is 0 Å². The highest BCUT2D eigenvalue weighted by molar-refractivity contribution is 7.13. The molecule has 5 heterocycles. The molecule has 1 aromatic carbocycles. The van der Waals surface area contributed by atoms with Crippen LogP contribution in [0, 0.1) is 0 Å². The number of benzene rings is 1. The van der Waals surface area contributed by atoms with Crippen LogP contribution in [-0.4, -0.2) is 65.7 Å². The molecule has 0 saturated carbocycles. The van der Waals surface area contributed by atoms with Crippen molar-refractivity contribution in [3.63, 3.8) is 0 Å². The van der Waals surface area contributed by atoms with Crippen LogP contribution in [0.25, 0.3) is 21.5 Å². The zero-order valence-electron chi connectivity index (χ0n) is 20.1. The standard InChI is InChI=1S/C27H29N3O5S/c31-25-7-1-8-29(25)9-4-10-30(27(32)21-5-2-11-33-21)16-19-13-18-14-22-23(35-17-34-22)15-20(18)28-26(19)24-6-3-12-36-24/h3,6,12-15,21H,1-2,4-5,7-11,16-17H2/t21-/m1/s1. The van der Waals surface area contributed by atoms with Crippen LogP contribution in [0.2, 0.25) is 0 Å². The summed E-state index contributed by atoms with van der Waals surface area (Å²) in [5, 5.41) is 2.98. The van der Waals surface area contributed by atoms with Gasteiger partial charge < -0.3 is 24.0 Å². The summed E-state index contributed by atoms with van der Waals surface area (Å²) in [7, 11) is 0. The molecule has 0 unspecified atom stereocenters. The fourth-order valence-corrected chi connectivity index (χ4v) is 5.95. The summed E-state index contributed by atoms with van der Waals surface area (Å²) < 4.78 is 16.9. The molecule has 3 aliphatic rings. The van der Waals surface area contributed by atoms with Crippen LogP contribution >= 0.6 is 11.3 Å². The number of carbonyl (C=O) groups excluding carboxylic acids is 2. The van der Waals surface area contributed by atoms with Crippen LogP contribution in [0.3, 0.4) is 0 Å².